The molecule has 0 radical (unpaired) electrons. The first-order chi connectivity index (χ1) is 12.3. The lowest BCUT2D eigenvalue weighted by molar-refractivity contribution is -0.137. The Labute approximate surface area is 159 Å². The minimum atomic E-state index is -3.08. The molecule has 8 heteroatoms. The van der Waals surface area contributed by atoms with Crippen molar-refractivity contribution in [2.45, 2.75) is 38.3 Å². The Balaban J connectivity index is 1.67. The molecule has 2 saturated heterocycles. The fourth-order valence-electron chi connectivity index (χ4n) is 3.48. The lowest BCUT2D eigenvalue weighted by Gasteiger charge is -2.30. The van der Waals surface area contributed by atoms with E-state index < -0.39 is 9.84 Å². The molecule has 2 fully saturated rings. The number of carbonyl (C=O) groups excluding carboxylic acids is 1. The van der Waals surface area contributed by atoms with Crippen LogP contribution in [-0.2, 0) is 19.4 Å². The average molecular weight is 402 g/mol. The van der Waals surface area contributed by atoms with E-state index in [9.17, 15) is 13.2 Å². The highest BCUT2D eigenvalue weighted by Crippen LogP contribution is 2.24. The topological polar surface area (TPSA) is 72.9 Å². The van der Waals surface area contributed by atoms with Crippen molar-refractivity contribution in [2.75, 3.05) is 31.3 Å². The Morgan fingerprint density at radius 2 is 2.19 bits per heavy atom. The van der Waals surface area contributed by atoms with E-state index in [1.165, 1.54) is 0 Å². The Hall–Kier alpha value is -1.31. The number of benzene rings is 1. The number of rotatable bonds is 6. The van der Waals surface area contributed by atoms with Crippen LogP contribution in [0.5, 0.6) is 5.75 Å². The monoisotopic (exact) mass is 401 g/mol. The predicted molar refractivity (Wildman–Crippen MR) is 99.4 cm³/mol. The summed E-state index contributed by atoms with van der Waals surface area (Å²) in [7, 11) is -3.08. The van der Waals surface area contributed by atoms with Gasteiger partial charge in [-0.05, 0) is 49.9 Å². The third kappa shape index (κ3) is 4.90. The van der Waals surface area contributed by atoms with Gasteiger partial charge in [0.05, 0.1) is 17.6 Å². The molecule has 0 aromatic heterocycles. The fourth-order valence-corrected chi connectivity index (χ4v) is 5.44. The van der Waals surface area contributed by atoms with Crippen LogP contribution in [0.2, 0.25) is 5.02 Å². The number of halogens is 1. The van der Waals surface area contributed by atoms with Crippen LogP contribution in [0.1, 0.15) is 24.8 Å². The van der Waals surface area contributed by atoms with Crippen LogP contribution in [0.15, 0.2) is 18.2 Å². The van der Waals surface area contributed by atoms with Crippen LogP contribution in [0.4, 0.5) is 0 Å². The molecule has 0 aliphatic carbocycles. The molecule has 144 valence electrons. The SMILES string of the molecule is Cc1cc(Cl)ccc1OCC(=O)N(C[C@@H]1CCCO1)[C@@H]1CCS(=O)(=O)C1. The quantitative estimate of drug-likeness (QED) is 0.730. The third-order valence-electron chi connectivity index (χ3n) is 4.88. The van der Waals surface area contributed by atoms with Gasteiger partial charge in [-0.2, -0.15) is 0 Å². The second-order valence-electron chi connectivity index (χ2n) is 6.94. The van der Waals surface area contributed by atoms with E-state index in [4.69, 9.17) is 21.1 Å². The number of aryl methyl sites for hydroxylation is 1. The zero-order valence-corrected chi connectivity index (χ0v) is 16.4. The van der Waals surface area contributed by atoms with Gasteiger partial charge in [-0.25, -0.2) is 8.42 Å². The van der Waals surface area contributed by atoms with Crippen molar-refractivity contribution in [3.8, 4) is 5.75 Å². The smallest absolute Gasteiger partial charge is 0.260 e. The van der Waals surface area contributed by atoms with E-state index in [-0.39, 0.29) is 36.2 Å². The van der Waals surface area contributed by atoms with E-state index in [0.717, 1.165) is 18.4 Å². The number of hydrogen-bond acceptors (Lipinski definition) is 5. The number of amides is 1. The molecule has 6 nitrogen and oxygen atoms in total. The molecule has 0 bridgehead atoms. The van der Waals surface area contributed by atoms with Gasteiger partial charge in [0, 0.05) is 24.2 Å². The van der Waals surface area contributed by atoms with Crippen molar-refractivity contribution >= 4 is 27.3 Å². The van der Waals surface area contributed by atoms with Crippen LogP contribution in [0, 0.1) is 6.92 Å². The second kappa shape index (κ2) is 8.15. The molecule has 2 aliphatic rings. The molecule has 3 rings (SSSR count). The van der Waals surface area contributed by atoms with Crippen molar-refractivity contribution < 1.29 is 22.7 Å². The van der Waals surface area contributed by atoms with Crippen molar-refractivity contribution in [1.82, 2.24) is 4.90 Å². The summed E-state index contributed by atoms with van der Waals surface area (Å²) < 4.78 is 35.0. The van der Waals surface area contributed by atoms with Gasteiger partial charge >= 0.3 is 0 Å². The Bertz CT molecular complexity index is 761. The zero-order valence-electron chi connectivity index (χ0n) is 14.8. The predicted octanol–water partition coefficient (Wildman–Crippen LogP) is 2.22. The van der Waals surface area contributed by atoms with Gasteiger partial charge in [0.1, 0.15) is 5.75 Å². The molecular formula is C18H24ClNO5S. The maximum Gasteiger partial charge on any atom is 0.260 e. The number of hydrogen-bond donors (Lipinski definition) is 0. The minimum Gasteiger partial charge on any atom is -0.483 e. The van der Waals surface area contributed by atoms with Gasteiger partial charge < -0.3 is 14.4 Å². The number of carbonyl (C=O) groups is 1. The molecule has 0 N–H and O–H groups in total. The minimum absolute atomic E-state index is 0.0193. The van der Waals surface area contributed by atoms with E-state index in [1.54, 1.807) is 23.1 Å². The lowest BCUT2D eigenvalue weighted by atomic mass is 10.1. The van der Waals surface area contributed by atoms with Gasteiger partial charge in [0.15, 0.2) is 16.4 Å². The highest BCUT2D eigenvalue weighted by Gasteiger charge is 2.36. The van der Waals surface area contributed by atoms with E-state index >= 15 is 0 Å². The van der Waals surface area contributed by atoms with Crippen LogP contribution in [-0.4, -0.2) is 62.6 Å². The largest absolute Gasteiger partial charge is 0.483 e. The molecule has 2 atom stereocenters. The summed E-state index contributed by atoms with van der Waals surface area (Å²) in [5.74, 6) is 0.533. The summed E-state index contributed by atoms with van der Waals surface area (Å²) in [4.78, 5) is 14.4. The van der Waals surface area contributed by atoms with Crippen LogP contribution in [0.3, 0.4) is 0 Å². The summed E-state index contributed by atoms with van der Waals surface area (Å²) >= 11 is 5.94. The molecule has 2 aliphatic heterocycles. The number of nitrogens with zero attached hydrogens (tertiary/aromatic N) is 1. The summed E-state index contributed by atoms with van der Waals surface area (Å²) in [6, 6.07) is 4.92. The van der Waals surface area contributed by atoms with Gasteiger partial charge in [-0.3, -0.25) is 4.79 Å². The van der Waals surface area contributed by atoms with Crippen molar-refractivity contribution in [1.29, 1.82) is 0 Å². The van der Waals surface area contributed by atoms with Crippen molar-refractivity contribution in [3.05, 3.63) is 28.8 Å². The molecule has 0 spiro atoms. The Morgan fingerprint density at radius 3 is 2.81 bits per heavy atom. The summed E-state index contributed by atoms with van der Waals surface area (Å²) in [6.07, 6.45) is 2.30. The first-order valence-corrected chi connectivity index (χ1v) is 11.0. The average Bonchev–Trinajstić information content (AvgIpc) is 3.20. The summed E-state index contributed by atoms with van der Waals surface area (Å²) in [5, 5.41) is 0.609. The second-order valence-corrected chi connectivity index (χ2v) is 9.60. The van der Waals surface area contributed by atoms with Gasteiger partial charge in [0.2, 0.25) is 0 Å². The van der Waals surface area contributed by atoms with E-state index in [0.29, 0.717) is 30.3 Å². The van der Waals surface area contributed by atoms with Crippen LogP contribution in [0.25, 0.3) is 0 Å². The number of sulfone groups is 1. The van der Waals surface area contributed by atoms with Gasteiger partial charge in [-0.1, -0.05) is 11.6 Å². The molecular weight excluding hydrogens is 378 g/mol. The first-order valence-electron chi connectivity index (χ1n) is 8.84. The highest BCUT2D eigenvalue weighted by molar-refractivity contribution is 7.91. The molecule has 1 aromatic carbocycles. The molecule has 0 unspecified atom stereocenters. The maximum atomic E-state index is 12.8. The summed E-state index contributed by atoms with van der Waals surface area (Å²) in [6.45, 7) is 2.84. The maximum absolute atomic E-state index is 12.8. The summed E-state index contributed by atoms with van der Waals surface area (Å²) in [5.41, 5.74) is 0.847. The van der Waals surface area contributed by atoms with Crippen LogP contribution < -0.4 is 4.74 Å². The van der Waals surface area contributed by atoms with Gasteiger partial charge in [0.25, 0.3) is 5.91 Å². The molecule has 0 saturated carbocycles. The third-order valence-corrected chi connectivity index (χ3v) is 6.87. The normalized spacial score (nSPS) is 24.5. The highest BCUT2D eigenvalue weighted by atomic mass is 35.5. The fraction of sp³-hybridized carbons (Fsp3) is 0.611. The van der Waals surface area contributed by atoms with E-state index in [2.05, 4.69) is 0 Å². The molecule has 1 aromatic rings. The van der Waals surface area contributed by atoms with Crippen molar-refractivity contribution in [3.63, 3.8) is 0 Å². The molecule has 26 heavy (non-hydrogen) atoms. The lowest BCUT2D eigenvalue weighted by Crippen LogP contribution is -2.47. The zero-order chi connectivity index (χ0) is 18.7. The standard InChI is InChI=1S/C18H24ClNO5S/c1-13-9-14(19)4-5-17(13)25-11-18(21)20(10-16-3-2-7-24-16)15-6-8-26(22,23)12-15/h4-5,9,15-16H,2-3,6-8,10-12H2,1H3/t15-,16+/m1/s1. The van der Waals surface area contributed by atoms with Crippen molar-refractivity contribution in [2.24, 2.45) is 0 Å². The van der Waals surface area contributed by atoms with Gasteiger partial charge in [-0.15, -0.1) is 0 Å². The molecule has 2 heterocycles. The molecule has 1 amide bonds. The number of ether oxygens (including phenoxy) is 2. The van der Waals surface area contributed by atoms with E-state index in [1.807, 2.05) is 6.92 Å². The Kier molecular flexibility index (Phi) is 6.10. The van der Waals surface area contributed by atoms with Crippen LogP contribution >= 0.6 is 11.6 Å². The Morgan fingerprint density at radius 1 is 1.38 bits per heavy atom. The first kappa shape index (κ1) is 19.5.